The fraction of sp³-hybridized carbons (Fsp3) is 0. The maximum Gasteiger partial charge on any atom is 0.264 e. The highest BCUT2D eigenvalue weighted by atomic mass is 32.2. The summed E-state index contributed by atoms with van der Waals surface area (Å²) in [4.78, 5) is 19.7. The zero-order valence-electron chi connectivity index (χ0n) is 14.1. The highest BCUT2D eigenvalue weighted by Gasteiger charge is 2.15. The van der Waals surface area contributed by atoms with E-state index in [4.69, 9.17) is 0 Å². The van der Waals surface area contributed by atoms with Crippen molar-refractivity contribution >= 4 is 33.6 Å². The number of carbonyl (C=O) groups excluding carboxylic acids is 1. The molecule has 3 rings (SSSR count). The van der Waals surface area contributed by atoms with Crippen molar-refractivity contribution in [2.24, 2.45) is 0 Å². The maximum absolute atomic E-state index is 12.3. The van der Waals surface area contributed by atoms with Crippen molar-refractivity contribution in [3.8, 4) is 0 Å². The molecule has 0 spiro atoms. The lowest BCUT2D eigenvalue weighted by molar-refractivity contribution is -0.111. The molecular formula is C19H16N4O3S. The van der Waals surface area contributed by atoms with Gasteiger partial charge in [-0.1, -0.05) is 30.3 Å². The van der Waals surface area contributed by atoms with Crippen molar-refractivity contribution in [1.29, 1.82) is 0 Å². The Morgan fingerprint density at radius 2 is 1.56 bits per heavy atom. The lowest BCUT2D eigenvalue weighted by Crippen LogP contribution is -2.15. The first-order valence-corrected chi connectivity index (χ1v) is 9.45. The molecule has 2 N–H and O–H groups in total. The van der Waals surface area contributed by atoms with E-state index in [1.807, 2.05) is 30.3 Å². The first kappa shape index (κ1) is 18.3. The molecule has 1 aromatic heterocycles. The van der Waals surface area contributed by atoms with Crippen LogP contribution < -0.4 is 10.0 Å². The number of aromatic nitrogens is 2. The monoisotopic (exact) mass is 380 g/mol. The van der Waals surface area contributed by atoms with E-state index < -0.39 is 10.0 Å². The van der Waals surface area contributed by atoms with Gasteiger partial charge in [-0.15, -0.1) is 0 Å². The van der Waals surface area contributed by atoms with Crippen LogP contribution in [-0.4, -0.2) is 24.3 Å². The van der Waals surface area contributed by atoms with E-state index in [0.717, 1.165) is 5.56 Å². The maximum atomic E-state index is 12.3. The van der Waals surface area contributed by atoms with E-state index in [-0.39, 0.29) is 16.8 Å². The number of hydrogen-bond donors (Lipinski definition) is 2. The third kappa shape index (κ3) is 5.23. The fourth-order valence-electron chi connectivity index (χ4n) is 2.17. The molecule has 0 unspecified atom stereocenters. The van der Waals surface area contributed by atoms with Crippen LogP contribution in [0.3, 0.4) is 0 Å². The van der Waals surface area contributed by atoms with Crippen LogP contribution in [0.4, 0.5) is 11.6 Å². The molecule has 0 saturated carbocycles. The van der Waals surface area contributed by atoms with Crippen molar-refractivity contribution in [1.82, 2.24) is 9.97 Å². The lowest BCUT2D eigenvalue weighted by atomic mass is 10.2. The number of benzene rings is 2. The minimum absolute atomic E-state index is 0.0130. The molecule has 0 radical (unpaired) electrons. The molecule has 2 aromatic carbocycles. The van der Waals surface area contributed by atoms with Crippen LogP contribution in [-0.2, 0) is 14.8 Å². The molecular weight excluding hydrogens is 364 g/mol. The van der Waals surface area contributed by atoms with Crippen LogP contribution in [0.25, 0.3) is 6.08 Å². The van der Waals surface area contributed by atoms with E-state index in [1.54, 1.807) is 12.1 Å². The Morgan fingerprint density at radius 3 is 2.22 bits per heavy atom. The third-order valence-corrected chi connectivity index (χ3v) is 4.79. The Bertz CT molecular complexity index is 1040. The average molecular weight is 380 g/mol. The second kappa shape index (κ2) is 8.24. The van der Waals surface area contributed by atoms with Gasteiger partial charge in [-0.3, -0.25) is 4.79 Å². The summed E-state index contributed by atoms with van der Waals surface area (Å²) in [6.07, 6.45) is 5.98. The minimum atomic E-state index is -3.81. The second-order valence-corrected chi connectivity index (χ2v) is 7.12. The summed E-state index contributed by atoms with van der Waals surface area (Å²) in [5.41, 5.74) is 1.39. The number of amides is 1. The topological polar surface area (TPSA) is 101 Å². The highest BCUT2D eigenvalue weighted by molar-refractivity contribution is 7.92. The number of nitrogens with zero attached hydrogens (tertiary/aromatic N) is 2. The molecule has 0 atom stereocenters. The summed E-state index contributed by atoms with van der Waals surface area (Å²) in [6.45, 7) is 0. The Kier molecular flexibility index (Phi) is 5.58. The summed E-state index contributed by atoms with van der Waals surface area (Å²) in [6, 6.07) is 16.8. The van der Waals surface area contributed by atoms with Crippen molar-refractivity contribution in [3.63, 3.8) is 0 Å². The number of hydrogen-bond acceptors (Lipinski definition) is 5. The third-order valence-electron chi connectivity index (χ3n) is 3.45. The van der Waals surface area contributed by atoms with Crippen LogP contribution >= 0.6 is 0 Å². The molecule has 0 aliphatic heterocycles. The smallest absolute Gasteiger partial charge is 0.264 e. The Morgan fingerprint density at radius 1 is 0.889 bits per heavy atom. The van der Waals surface area contributed by atoms with Gasteiger partial charge in [0.1, 0.15) is 0 Å². The van der Waals surface area contributed by atoms with E-state index in [0.29, 0.717) is 5.69 Å². The summed E-state index contributed by atoms with van der Waals surface area (Å²) in [5, 5.41) is 2.67. The fourth-order valence-corrected chi connectivity index (χ4v) is 3.13. The predicted octanol–water partition coefficient (Wildman–Crippen LogP) is 2.93. The van der Waals surface area contributed by atoms with Gasteiger partial charge in [0, 0.05) is 24.2 Å². The van der Waals surface area contributed by atoms with Crippen LogP contribution in [0.1, 0.15) is 5.56 Å². The molecule has 7 nitrogen and oxygen atoms in total. The van der Waals surface area contributed by atoms with Crippen LogP contribution in [0.5, 0.6) is 0 Å². The van der Waals surface area contributed by atoms with Crippen LogP contribution in [0, 0.1) is 0 Å². The van der Waals surface area contributed by atoms with Gasteiger partial charge in [0.05, 0.1) is 4.90 Å². The zero-order chi connectivity index (χ0) is 19.1. The summed E-state index contributed by atoms with van der Waals surface area (Å²) < 4.78 is 26.9. The van der Waals surface area contributed by atoms with Gasteiger partial charge in [-0.05, 0) is 42.0 Å². The normalized spacial score (nSPS) is 11.3. The SMILES string of the molecule is O=C(C=Cc1ccccc1)Nc1ccc(S(=O)(=O)Nc2ncccn2)cc1. The van der Waals surface area contributed by atoms with Gasteiger partial charge >= 0.3 is 0 Å². The first-order valence-electron chi connectivity index (χ1n) is 7.97. The number of rotatable bonds is 6. The van der Waals surface area contributed by atoms with Crippen molar-refractivity contribution < 1.29 is 13.2 Å². The molecule has 1 amide bonds. The van der Waals surface area contributed by atoms with Gasteiger partial charge in [0.25, 0.3) is 10.0 Å². The number of nitrogens with one attached hydrogen (secondary N) is 2. The zero-order valence-corrected chi connectivity index (χ0v) is 14.9. The van der Waals surface area contributed by atoms with E-state index in [1.165, 1.54) is 42.7 Å². The van der Waals surface area contributed by atoms with Crippen molar-refractivity contribution in [3.05, 3.63) is 84.7 Å². The van der Waals surface area contributed by atoms with Gasteiger partial charge in [-0.25, -0.2) is 23.1 Å². The van der Waals surface area contributed by atoms with Crippen molar-refractivity contribution in [2.75, 3.05) is 10.0 Å². The molecule has 0 fully saturated rings. The van der Waals surface area contributed by atoms with E-state index in [9.17, 15) is 13.2 Å². The lowest BCUT2D eigenvalue weighted by Gasteiger charge is -2.07. The molecule has 0 aliphatic carbocycles. The summed E-state index contributed by atoms with van der Waals surface area (Å²) in [5.74, 6) is -0.328. The number of carbonyl (C=O) groups is 1. The predicted molar refractivity (Wildman–Crippen MR) is 103 cm³/mol. The average Bonchev–Trinajstić information content (AvgIpc) is 2.68. The summed E-state index contributed by atoms with van der Waals surface area (Å²) in [7, 11) is -3.81. The molecule has 0 bridgehead atoms. The van der Waals surface area contributed by atoms with E-state index >= 15 is 0 Å². The largest absolute Gasteiger partial charge is 0.323 e. The van der Waals surface area contributed by atoms with Gasteiger partial charge in [0.15, 0.2) is 0 Å². The summed E-state index contributed by atoms with van der Waals surface area (Å²) >= 11 is 0. The Labute approximate surface area is 156 Å². The standard InChI is InChI=1S/C19H16N4O3S/c24-18(12-7-15-5-2-1-3-6-15)22-16-8-10-17(11-9-16)27(25,26)23-19-20-13-4-14-21-19/h1-14H,(H,22,24)(H,20,21,23). The Hall–Kier alpha value is -3.52. The first-order chi connectivity index (χ1) is 13.0. The molecule has 0 aliphatic rings. The van der Waals surface area contributed by atoms with Gasteiger partial charge in [0.2, 0.25) is 11.9 Å². The molecule has 1 heterocycles. The van der Waals surface area contributed by atoms with Gasteiger partial charge in [-0.2, -0.15) is 0 Å². The van der Waals surface area contributed by atoms with Crippen LogP contribution in [0.15, 0.2) is 84.0 Å². The number of anilines is 2. The molecule has 0 saturated heterocycles. The number of sulfonamides is 1. The van der Waals surface area contributed by atoms with Gasteiger partial charge < -0.3 is 5.32 Å². The Balaban J connectivity index is 1.64. The minimum Gasteiger partial charge on any atom is -0.323 e. The molecule has 8 heteroatoms. The second-order valence-electron chi connectivity index (χ2n) is 5.44. The van der Waals surface area contributed by atoms with Crippen molar-refractivity contribution in [2.45, 2.75) is 4.90 Å². The quantitative estimate of drug-likeness (QED) is 0.640. The van der Waals surface area contributed by atoms with Crippen LogP contribution in [0.2, 0.25) is 0 Å². The highest BCUT2D eigenvalue weighted by Crippen LogP contribution is 2.16. The molecule has 3 aromatic rings. The molecule has 27 heavy (non-hydrogen) atoms. The molecule has 136 valence electrons. The van der Waals surface area contributed by atoms with E-state index in [2.05, 4.69) is 20.0 Å².